The zero-order valence-corrected chi connectivity index (χ0v) is 11.3. The standard InChI is InChI=1S/C15H24N2O/c1-2-16(12-13-18)10-11-17-9-5-7-14-6-3-4-8-15(14)17/h3-4,6,8,18H,2,5,7,9-13H2,1H3. The van der Waals surface area contributed by atoms with Gasteiger partial charge in [0.15, 0.2) is 0 Å². The van der Waals surface area contributed by atoms with Crippen LogP contribution in [0, 0.1) is 0 Å². The molecule has 3 heteroatoms. The first-order valence-electron chi connectivity index (χ1n) is 7.01. The van der Waals surface area contributed by atoms with Crippen LogP contribution in [0.15, 0.2) is 24.3 Å². The van der Waals surface area contributed by atoms with Gasteiger partial charge in [-0.15, -0.1) is 0 Å². The van der Waals surface area contributed by atoms with Crippen molar-refractivity contribution < 1.29 is 5.11 Å². The number of nitrogens with zero attached hydrogens (tertiary/aromatic N) is 2. The van der Waals surface area contributed by atoms with Crippen molar-refractivity contribution in [2.75, 3.05) is 44.2 Å². The first kappa shape index (κ1) is 13.4. The molecule has 0 saturated heterocycles. The Balaban J connectivity index is 1.94. The average Bonchev–Trinajstić information content (AvgIpc) is 2.43. The van der Waals surface area contributed by atoms with Gasteiger partial charge in [0.1, 0.15) is 0 Å². The number of aliphatic hydroxyl groups excluding tert-OH is 1. The number of benzene rings is 1. The van der Waals surface area contributed by atoms with Crippen LogP contribution in [0.4, 0.5) is 5.69 Å². The molecule has 1 heterocycles. The van der Waals surface area contributed by atoms with Crippen LogP contribution in [-0.4, -0.2) is 49.3 Å². The van der Waals surface area contributed by atoms with Gasteiger partial charge in [0.2, 0.25) is 0 Å². The molecule has 2 rings (SSSR count). The highest BCUT2D eigenvalue weighted by Gasteiger charge is 2.16. The molecule has 0 fully saturated rings. The van der Waals surface area contributed by atoms with Crippen LogP contribution in [0.3, 0.4) is 0 Å². The monoisotopic (exact) mass is 248 g/mol. The average molecular weight is 248 g/mol. The molecule has 0 atom stereocenters. The molecular formula is C15H24N2O. The normalized spacial score (nSPS) is 14.9. The second-order valence-corrected chi connectivity index (χ2v) is 4.88. The fourth-order valence-electron chi connectivity index (χ4n) is 2.68. The van der Waals surface area contributed by atoms with E-state index in [0.29, 0.717) is 0 Å². The number of aliphatic hydroxyl groups is 1. The number of likely N-dealkylation sites (N-methyl/N-ethyl adjacent to an activating group) is 1. The lowest BCUT2D eigenvalue weighted by Crippen LogP contribution is -2.38. The molecule has 1 N–H and O–H groups in total. The molecule has 0 aliphatic carbocycles. The Labute approximate surface area is 110 Å². The molecule has 0 unspecified atom stereocenters. The summed E-state index contributed by atoms with van der Waals surface area (Å²) in [6.45, 7) is 7.45. The van der Waals surface area contributed by atoms with Gasteiger partial charge in [0.05, 0.1) is 6.61 Å². The highest BCUT2D eigenvalue weighted by atomic mass is 16.3. The van der Waals surface area contributed by atoms with Gasteiger partial charge in [-0.3, -0.25) is 4.90 Å². The van der Waals surface area contributed by atoms with Crippen LogP contribution in [0.5, 0.6) is 0 Å². The van der Waals surface area contributed by atoms with Gasteiger partial charge < -0.3 is 10.0 Å². The second-order valence-electron chi connectivity index (χ2n) is 4.88. The molecule has 18 heavy (non-hydrogen) atoms. The van der Waals surface area contributed by atoms with Crippen LogP contribution >= 0.6 is 0 Å². The van der Waals surface area contributed by atoms with E-state index in [0.717, 1.165) is 32.7 Å². The first-order chi connectivity index (χ1) is 8.85. The highest BCUT2D eigenvalue weighted by Crippen LogP contribution is 2.26. The maximum absolute atomic E-state index is 9.01. The summed E-state index contributed by atoms with van der Waals surface area (Å²) in [4.78, 5) is 4.79. The summed E-state index contributed by atoms with van der Waals surface area (Å²) < 4.78 is 0. The molecule has 0 bridgehead atoms. The molecule has 1 aromatic carbocycles. The van der Waals surface area contributed by atoms with E-state index in [1.807, 2.05) is 0 Å². The van der Waals surface area contributed by atoms with E-state index in [2.05, 4.69) is 41.0 Å². The molecule has 0 amide bonds. The van der Waals surface area contributed by atoms with Crippen molar-refractivity contribution in [3.8, 4) is 0 Å². The number of fused-ring (bicyclic) bond motifs is 1. The number of hydrogen-bond donors (Lipinski definition) is 1. The van der Waals surface area contributed by atoms with E-state index < -0.39 is 0 Å². The van der Waals surface area contributed by atoms with Crippen molar-refractivity contribution in [1.29, 1.82) is 0 Å². The maximum Gasteiger partial charge on any atom is 0.0558 e. The van der Waals surface area contributed by atoms with Crippen LogP contribution in [-0.2, 0) is 6.42 Å². The van der Waals surface area contributed by atoms with E-state index in [1.165, 1.54) is 24.1 Å². The number of aryl methyl sites for hydroxylation is 1. The Bertz CT molecular complexity index is 367. The van der Waals surface area contributed by atoms with E-state index in [-0.39, 0.29) is 6.61 Å². The van der Waals surface area contributed by atoms with Crippen molar-refractivity contribution in [2.45, 2.75) is 19.8 Å². The Morgan fingerprint density at radius 3 is 2.89 bits per heavy atom. The summed E-state index contributed by atoms with van der Waals surface area (Å²) in [6, 6.07) is 8.73. The molecule has 3 nitrogen and oxygen atoms in total. The third-order valence-corrected chi connectivity index (χ3v) is 3.76. The van der Waals surface area contributed by atoms with Crippen LogP contribution in [0.2, 0.25) is 0 Å². The van der Waals surface area contributed by atoms with Gasteiger partial charge in [-0.05, 0) is 31.0 Å². The van der Waals surface area contributed by atoms with Gasteiger partial charge >= 0.3 is 0 Å². The van der Waals surface area contributed by atoms with Gasteiger partial charge in [0, 0.05) is 31.9 Å². The minimum absolute atomic E-state index is 0.254. The SMILES string of the molecule is CCN(CCO)CCN1CCCc2ccccc21. The molecule has 1 aliphatic heterocycles. The number of anilines is 1. The van der Waals surface area contributed by atoms with Gasteiger partial charge in [-0.1, -0.05) is 25.1 Å². The Kier molecular flexibility index (Phi) is 5.02. The van der Waals surface area contributed by atoms with Crippen molar-refractivity contribution in [2.24, 2.45) is 0 Å². The lowest BCUT2D eigenvalue weighted by molar-refractivity contribution is 0.204. The first-order valence-corrected chi connectivity index (χ1v) is 7.01. The molecule has 0 radical (unpaired) electrons. The molecule has 0 aromatic heterocycles. The summed E-state index contributed by atoms with van der Waals surface area (Å²) in [7, 11) is 0. The van der Waals surface area contributed by atoms with E-state index in [1.54, 1.807) is 0 Å². The zero-order valence-electron chi connectivity index (χ0n) is 11.3. The van der Waals surface area contributed by atoms with E-state index >= 15 is 0 Å². The topological polar surface area (TPSA) is 26.7 Å². The van der Waals surface area contributed by atoms with Gasteiger partial charge in [-0.25, -0.2) is 0 Å². The minimum atomic E-state index is 0.254. The summed E-state index contributed by atoms with van der Waals surface area (Å²) in [6.07, 6.45) is 2.46. The Hall–Kier alpha value is -1.06. The third kappa shape index (κ3) is 3.24. The van der Waals surface area contributed by atoms with Crippen LogP contribution in [0.25, 0.3) is 0 Å². The predicted octanol–water partition coefficient (Wildman–Crippen LogP) is 1.75. The van der Waals surface area contributed by atoms with E-state index in [4.69, 9.17) is 5.11 Å². The minimum Gasteiger partial charge on any atom is -0.395 e. The fourth-order valence-corrected chi connectivity index (χ4v) is 2.68. The van der Waals surface area contributed by atoms with Gasteiger partial charge in [-0.2, -0.15) is 0 Å². The summed E-state index contributed by atoms with van der Waals surface area (Å²) in [5, 5.41) is 9.01. The quantitative estimate of drug-likeness (QED) is 0.831. The molecular weight excluding hydrogens is 224 g/mol. The molecule has 1 aromatic rings. The van der Waals surface area contributed by atoms with E-state index in [9.17, 15) is 0 Å². The Morgan fingerprint density at radius 2 is 2.11 bits per heavy atom. The predicted molar refractivity (Wildman–Crippen MR) is 76.2 cm³/mol. The van der Waals surface area contributed by atoms with Crippen LogP contribution < -0.4 is 4.90 Å². The number of hydrogen-bond acceptors (Lipinski definition) is 3. The number of rotatable bonds is 6. The van der Waals surface area contributed by atoms with Crippen molar-refractivity contribution >= 4 is 5.69 Å². The van der Waals surface area contributed by atoms with Crippen molar-refractivity contribution in [3.05, 3.63) is 29.8 Å². The molecule has 100 valence electrons. The summed E-state index contributed by atoms with van der Waals surface area (Å²) >= 11 is 0. The lowest BCUT2D eigenvalue weighted by atomic mass is 10.0. The van der Waals surface area contributed by atoms with Crippen LogP contribution in [0.1, 0.15) is 18.9 Å². The summed E-state index contributed by atoms with van der Waals surface area (Å²) in [5.41, 5.74) is 2.89. The zero-order chi connectivity index (χ0) is 12.8. The highest BCUT2D eigenvalue weighted by molar-refractivity contribution is 5.55. The number of para-hydroxylation sites is 1. The lowest BCUT2D eigenvalue weighted by Gasteiger charge is -2.33. The van der Waals surface area contributed by atoms with Gasteiger partial charge in [0.25, 0.3) is 0 Å². The molecule has 0 saturated carbocycles. The second kappa shape index (κ2) is 6.76. The third-order valence-electron chi connectivity index (χ3n) is 3.76. The maximum atomic E-state index is 9.01. The summed E-state index contributed by atoms with van der Waals surface area (Å²) in [5.74, 6) is 0. The van der Waals surface area contributed by atoms with Crippen molar-refractivity contribution in [1.82, 2.24) is 4.90 Å². The fraction of sp³-hybridized carbons (Fsp3) is 0.600. The smallest absolute Gasteiger partial charge is 0.0558 e. The Morgan fingerprint density at radius 1 is 1.28 bits per heavy atom. The largest absolute Gasteiger partial charge is 0.395 e. The molecule has 0 spiro atoms. The van der Waals surface area contributed by atoms with Crippen molar-refractivity contribution in [3.63, 3.8) is 0 Å². The molecule has 1 aliphatic rings.